The molecular formula is C22H29N5O2. The van der Waals surface area contributed by atoms with Crippen LogP contribution >= 0.6 is 0 Å². The van der Waals surface area contributed by atoms with Gasteiger partial charge in [-0.2, -0.15) is 5.10 Å². The van der Waals surface area contributed by atoms with Crippen molar-refractivity contribution < 1.29 is 9.59 Å². The molecule has 1 aliphatic carbocycles. The molecule has 154 valence electrons. The zero-order chi connectivity index (χ0) is 20.1. The molecule has 1 N–H and O–H groups in total. The minimum Gasteiger partial charge on any atom is -0.352 e. The van der Waals surface area contributed by atoms with Gasteiger partial charge in [-0.25, -0.2) is 9.67 Å². The van der Waals surface area contributed by atoms with Crippen molar-refractivity contribution in [2.45, 2.75) is 64.0 Å². The van der Waals surface area contributed by atoms with Gasteiger partial charge in [0.1, 0.15) is 12.7 Å². The van der Waals surface area contributed by atoms with E-state index in [-0.39, 0.29) is 17.7 Å². The van der Waals surface area contributed by atoms with Crippen LogP contribution < -0.4 is 5.32 Å². The van der Waals surface area contributed by atoms with Crippen molar-refractivity contribution in [2.75, 3.05) is 6.54 Å². The lowest BCUT2D eigenvalue weighted by atomic mass is 9.93. The second kappa shape index (κ2) is 9.20. The summed E-state index contributed by atoms with van der Waals surface area (Å²) in [6, 6.07) is 8.16. The highest BCUT2D eigenvalue weighted by Gasteiger charge is 2.34. The van der Waals surface area contributed by atoms with E-state index in [9.17, 15) is 9.59 Å². The Bertz CT molecular complexity index is 827. The fourth-order valence-electron chi connectivity index (χ4n) is 4.55. The van der Waals surface area contributed by atoms with Gasteiger partial charge >= 0.3 is 0 Å². The SMILES string of the molecule is O=C(NCc1ccccc1-n1cncn1)C1CCC(=O)N(C2CCCCCC2)C1. The van der Waals surface area contributed by atoms with Gasteiger partial charge < -0.3 is 10.2 Å². The molecule has 1 aliphatic heterocycles. The number of hydrogen-bond donors (Lipinski definition) is 1. The molecular weight excluding hydrogens is 366 g/mol. The molecule has 2 aliphatic rings. The summed E-state index contributed by atoms with van der Waals surface area (Å²) in [6.07, 6.45) is 11.3. The Hall–Kier alpha value is -2.70. The van der Waals surface area contributed by atoms with Crippen LogP contribution in [0.2, 0.25) is 0 Å². The molecule has 1 aromatic carbocycles. The maximum absolute atomic E-state index is 12.9. The number of benzene rings is 1. The molecule has 2 heterocycles. The number of rotatable bonds is 5. The van der Waals surface area contributed by atoms with Gasteiger partial charge in [-0.05, 0) is 30.9 Å². The molecule has 1 aromatic heterocycles. The van der Waals surface area contributed by atoms with Crippen LogP contribution in [0.5, 0.6) is 0 Å². The number of nitrogens with zero attached hydrogens (tertiary/aromatic N) is 4. The second-order valence-electron chi connectivity index (χ2n) is 8.11. The van der Waals surface area contributed by atoms with Crippen LogP contribution in [0.3, 0.4) is 0 Å². The van der Waals surface area contributed by atoms with Gasteiger partial charge in [-0.3, -0.25) is 9.59 Å². The molecule has 1 saturated carbocycles. The summed E-state index contributed by atoms with van der Waals surface area (Å²) in [5.41, 5.74) is 1.89. The smallest absolute Gasteiger partial charge is 0.225 e. The number of aromatic nitrogens is 3. The predicted octanol–water partition coefficient (Wildman–Crippen LogP) is 2.84. The molecule has 0 spiro atoms. The highest BCUT2D eigenvalue weighted by molar-refractivity contribution is 5.84. The predicted molar refractivity (Wildman–Crippen MR) is 109 cm³/mol. The van der Waals surface area contributed by atoms with E-state index in [0.29, 0.717) is 32.0 Å². The largest absolute Gasteiger partial charge is 0.352 e. The Labute approximate surface area is 171 Å². The Morgan fingerprint density at radius 2 is 1.90 bits per heavy atom. The van der Waals surface area contributed by atoms with Crippen molar-refractivity contribution in [3.05, 3.63) is 42.5 Å². The van der Waals surface area contributed by atoms with Crippen LogP contribution in [-0.2, 0) is 16.1 Å². The summed E-state index contributed by atoms with van der Waals surface area (Å²) < 4.78 is 1.70. The van der Waals surface area contributed by atoms with Gasteiger partial charge in [0.25, 0.3) is 0 Å². The molecule has 29 heavy (non-hydrogen) atoms. The normalized spacial score (nSPS) is 21.0. The number of carbonyl (C=O) groups excluding carboxylic acids is 2. The van der Waals surface area contributed by atoms with Crippen LogP contribution in [0, 0.1) is 5.92 Å². The van der Waals surface area contributed by atoms with E-state index in [0.717, 1.165) is 24.1 Å². The number of amides is 2. The van der Waals surface area contributed by atoms with E-state index in [1.54, 1.807) is 11.0 Å². The van der Waals surface area contributed by atoms with Gasteiger partial charge in [0.2, 0.25) is 11.8 Å². The molecule has 4 rings (SSSR count). The Morgan fingerprint density at radius 1 is 1.10 bits per heavy atom. The fraction of sp³-hybridized carbons (Fsp3) is 0.545. The summed E-state index contributed by atoms with van der Waals surface area (Å²) in [5.74, 6) is 0.122. The number of piperidine rings is 1. The van der Waals surface area contributed by atoms with Gasteiger partial charge in [0.15, 0.2) is 0 Å². The zero-order valence-electron chi connectivity index (χ0n) is 16.8. The average Bonchev–Trinajstić information content (AvgIpc) is 3.15. The monoisotopic (exact) mass is 395 g/mol. The molecule has 1 saturated heterocycles. The van der Waals surface area contributed by atoms with E-state index in [1.807, 2.05) is 29.2 Å². The third-order valence-electron chi connectivity index (χ3n) is 6.19. The maximum Gasteiger partial charge on any atom is 0.225 e. The van der Waals surface area contributed by atoms with Crippen molar-refractivity contribution in [1.29, 1.82) is 0 Å². The quantitative estimate of drug-likeness (QED) is 0.790. The first-order chi connectivity index (χ1) is 14.2. The lowest BCUT2D eigenvalue weighted by Crippen LogP contribution is -2.49. The van der Waals surface area contributed by atoms with Crippen molar-refractivity contribution in [3.63, 3.8) is 0 Å². The number of nitrogens with one attached hydrogen (secondary N) is 1. The molecule has 7 heteroatoms. The summed E-state index contributed by atoms with van der Waals surface area (Å²) in [4.78, 5) is 31.4. The second-order valence-corrected chi connectivity index (χ2v) is 8.11. The van der Waals surface area contributed by atoms with E-state index >= 15 is 0 Å². The van der Waals surface area contributed by atoms with Crippen molar-refractivity contribution in [3.8, 4) is 5.69 Å². The van der Waals surface area contributed by atoms with E-state index in [4.69, 9.17) is 0 Å². The Balaban J connectivity index is 1.38. The fourth-order valence-corrected chi connectivity index (χ4v) is 4.55. The molecule has 1 unspecified atom stereocenters. The minimum absolute atomic E-state index is 0.0320. The highest BCUT2D eigenvalue weighted by atomic mass is 16.2. The summed E-state index contributed by atoms with van der Waals surface area (Å²) >= 11 is 0. The number of carbonyl (C=O) groups is 2. The number of para-hydroxylation sites is 1. The molecule has 0 radical (unpaired) electrons. The van der Waals surface area contributed by atoms with Crippen LogP contribution in [0.1, 0.15) is 56.9 Å². The van der Waals surface area contributed by atoms with Crippen molar-refractivity contribution in [2.24, 2.45) is 5.92 Å². The van der Waals surface area contributed by atoms with Gasteiger partial charge in [0, 0.05) is 25.6 Å². The van der Waals surface area contributed by atoms with Crippen molar-refractivity contribution in [1.82, 2.24) is 25.0 Å². The number of likely N-dealkylation sites (tertiary alicyclic amines) is 1. The maximum atomic E-state index is 12.9. The molecule has 7 nitrogen and oxygen atoms in total. The Morgan fingerprint density at radius 3 is 2.66 bits per heavy atom. The summed E-state index contributed by atoms with van der Waals surface area (Å²) in [6.45, 7) is 0.989. The highest BCUT2D eigenvalue weighted by Crippen LogP contribution is 2.27. The summed E-state index contributed by atoms with van der Waals surface area (Å²) in [7, 11) is 0. The zero-order valence-corrected chi connectivity index (χ0v) is 16.8. The molecule has 2 amide bonds. The Kier molecular flexibility index (Phi) is 6.22. The first kappa shape index (κ1) is 19.6. The van der Waals surface area contributed by atoms with Crippen molar-refractivity contribution >= 4 is 11.8 Å². The third-order valence-corrected chi connectivity index (χ3v) is 6.19. The lowest BCUT2D eigenvalue weighted by molar-refractivity contribution is -0.141. The van der Waals surface area contributed by atoms with Gasteiger partial charge in [-0.15, -0.1) is 0 Å². The van der Waals surface area contributed by atoms with Crippen LogP contribution in [0.15, 0.2) is 36.9 Å². The lowest BCUT2D eigenvalue weighted by Gasteiger charge is -2.37. The molecule has 1 atom stereocenters. The number of hydrogen-bond acceptors (Lipinski definition) is 4. The topological polar surface area (TPSA) is 80.1 Å². The average molecular weight is 396 g/mol. The van der Waals surface area contributed by atoms with E-state index in [2.05, 4.69) is 15.4 Å². The van der Waals surface area contributed by atoms with Gasteiger partial charge in [-0.1, -0.05) is 43.9 Å². The first-order valence-electron chi connectivity index (χ1n) is 10.7. The molecule has 0 bridgehead atoms. The van der Waals surface area contributed by atoms with E-state index in [1.165, 1.54) is 32.0 Å². The first-order valence-corrected chi connectivity index (χ1v) is 10.7. The van der Waals surface area contributed by atoms with Crippen LogP contribution in [-0.4, -0.2) is 44.1 Å². The third kappa shape index (κ3) is 4.66. The van der Waals surface area contributed by atoms with Gasteiger partial charge in [0.05, 0.1) is 11.6 Å². The van der Waals surface area contributed by atoms with Crippen LogP contribution in [0.25, 0.3) is 5.69 Å². The molecule has 2 fully saturated rings. The molecule has 2 aromatic rings. The summed E-state index contributed by atoms with van der Waals surface area (Å²) in [5, 5.41) is 7.27. The standard InChI is InChI=1S/C22H29N5O2/c28-21-12-11-18(14-26(21)19-8-3-1-2-4-9-19)22(29)24-13-17-7-5-6-10-20(17)27-16-23-15-25-27/h5-7,10,15-16,18-19H,1-4,8-9,11-14H2,(H,24,29). The minimum atomic E-state index is -0.130. The van der Waals surface area contributed by atoms with Crippen LogP contribution in [0.4, 0.5) is 0 Å². The van der Waals surface area contributed by atoms with E-state index < -0.39 is 0 Å².